The van der Waals surface area contributed by atoms with Gasteiger partial charge >= 0.3 is 6.09 Å². The van der Waals surface area contributed by atoms with E-state index in [1.165, 1.54) is 0 Å². The highest BCUT2D eigenvalue weighted by molar-refractivity contribution is 5.67. The van der Waals surface area contributed by atoms with E-state index in [4.69, 9.17) is 4.74 Å². The summed E-state index contributed by atoms with van der Waals surface area (Å²) in [4.78, 5) is 11.4. The Morgan fingerprint density at radius 1 is 0.923 bits per heavy atom. The van der Waals surface area contributed by atoms with E-state index in [-0.39, 0.29) is 19.6 Å². The molecule has 0 spiro atoms. The molecule has 0 aliphatic heterocycles. The second-order valence-corrected chi connectivity index (χ2v) is 4.99. The Labute approximate surface area is 145 Å². The molecule has 0 bridgehead atoms. The number of halogens is 5. The van der Waals surface area contributed by atoms with Gasteiger partial charge in [0, 0.05) is 13.0 Å². The normalized spacial score (nSPS) is 10.0. The van der Waals surface area contributed by atoms with Gasteiger partial charge < -0.3 is 10.1 Å². The van der Waals surface area contributed by atoms with E-state index in [1.54, 1.807) is 24.3 Å². The molecule has 0 radical (unpaired) electrons. The van der Waals surface area contributed by atoms with Crippen molar-refractivity contribution in [1.82, 2.24) is 5.32 Å². The first-order valence-electron chi connectivity index (χ1n) is 7.36. The number of ether oxygens (including phenoxy) is 1. The average Bonchev–Trinajstić information content (AvgIpc) is 2.66. The Kier molecular flexibility index (Phi) is 6.55. The van der Waals surface area contributed by atoms with Crippen LogP contribution in [0.25, 0.3) is 0 Å². The van der Waals surface area contributed by atoms with Crippen molar-refractivity contribution in [2.45, 2.75) is 13.0 Å². The molecule has 1 amide bonds. The summed E-state index contributed by atoms with van der Waals surface area (Å²) >= 11 is 0. The molecule has 2 aromatic rings. The van der Waals surface area contributed by atoms with Crippen LogP contribution in [0.15, 0.2) is 30.3 Å². The van der Waals surface area contributed by atoms with Crippen molar-refractivity contribution in [3.8, 4) is 11.8 Å². The standard InChI is InChI=1S/C18H12F5NO2/c19-13-12(14(20)16(22)17(23)15(13)21)8-4-5-9-24-18(25)26-10-11-6-2-1-3-7-11/h1-3,6-7H,5,9-10H2,(H,24,25). The number of rotatable bonds is 4. The maximum atomic E-state index is 13.4. The lowest BCUT2D eigenvalue weighted by molar-refractivity contribution is 0.140. The van der Waals surface area contributed by atoms with E-state index >= 15 is 0 Å². The van der Waals surface area contributed by atoms with Gasteiger partial charge in [0.15, 0.2) is 23.3 Å². The summed E-state index contributed by atoms with van der Waals surface area (Å²) in [5.41, 5.74) is -0.429. The van der Waals surface area contributed by atoms with Gasteiger partial charge in [-0.05, 0) is 5.56 Å². The molecule has 0 saturated heterocycles. The van der Waals surface area contributed by atoms with E-state index in [0.29, 0.717) is 0 Å². The number of hydrogen-bond donors (Lipinski definition) is 1. The van der Waals surface area contributed by atoms with Gasteiger partial charge in [0.05, 0.1) is 0 Å². The fourth-order valence-electron chi connectivity index (χ4n) is 1.87. The van der Waals surface area contributed by atoms with E-state index in [1.807, 2.05) is 12.0 Å². The highest BCUT2D eigenvalue weighted by Gasteiger charge is 2.24. The fourth-order valence-corrected chi connectivity index (χ4v) is 1.87. The van der Waals surface area contributed by atoms with Crippen molar-refractivity contribution in [3.05, 3.63) is 70.5 Å². The smallest absolute Gasteiger partial charge is 0.407 e. The van der Waals surface area contributed by atoms with Gasteiger partial charge in [0.25, 0.3) is 0 Å². The molecule has 0 aliphatic carbocycles. The highest BCUT2D eigenvalue weighted by Crippen LogP contribution is 2.22. The summed E-state index contributed by atoms with van der Waals surface area (Å²) in [6, 6.07) is 8.91. The third kappa shape index (κ3) is 4.72. The van der Waals surface area contributed by atoms with Gasteiger partial charge in [0.1, 0.15) is 12.2 Å². The molecule has 136 valence electrons. The molecule has 8 heteroatoms. The molecule has 0 saturated carbocycles. The summed E-state index contributed by atoms with van der Waals surface area (Å²) in [7, 11) is 0. The van der Waals surface area contributed by atoms with Crippen molar-refractivity contribution in [1.29, 1.82) is 0 Å². The van der Waals surface area contributed by atoms with E-state index in [9.17, 15) is 26.7 Å². The van der Waals surface area contributed by atoms with Gasteiger partial charge in [-0.25, -0.2) is 26.7 Å². The molecular formula is C18H12F5NO2. The highest BCUT2D eigenvalue weighted by atomic mass is 19.2. The molecule has 1 N–H and O–H groups in total. The second kappa shape index (κ2) is 8.85. The number of carbonyl (C=O) groups is 1. The Balaban J connectivity index is 1.85. The molecule has 0 fully saturated rings. The van der Waals surface area contributed by atoms with Gasteiger partial charge in [-0.2, -0.15) is 0 Å². The minimum atomic E-state index is -2.24. The predicted octanol–water partition coefficient (Wildman–Crippen LogP) is 4.05. The van der Waals surface area contributed by atoms with Gasteiger partial charge in [-0.3, -0.25) is 0 Å². The summed E-state index contributed by atoms with van der Waals surface area (Å²) in [6.07, 6.45) is -0.813. The maximum Gasteiger partial charge on any atom is 0.407 e. The van der Waals surface area contributed by atoms with Crippen LogP contribution in [0.1, 0.15) is 17.5 Å². The fraction of sp³-hybridized carbons (Fsp3) is 0.167. The third-order valence-corrected chi connectivity index (χ3v) is 3.16. The molecule has 26 heavy (non-hydrogen) atoms. The Bertz CT molecular complexity index is 830. The zero-order valence-electron chi connectivity index (χ0n) is 13.2. The van der Waals surface area contributed by atoms with Crippen molar-refractivity contribution in [3.63, 3.8) is 0 Å². The van der Waals surface area contributed by atoms with E-state index in [0.717, 1.165) is 5.56 Å². The minimum absolute atomic E-state index is 0.0317. The molecule has 3 nitrogen and oxygen atoms in total. The molecule has 2 aromatic carbocycles. The lowest BCUT2D eigenvalue weighted by Crippen LogP contribution is -2.24. The van der Waals surface area contributed by atoms with Crippen LogP contribution in [0.2, 0.25) is 0 Å². The zero-order valence-corrected chi connectivity index (χ0v) is 13.2. The first-order chi connectivity index (χ1) is 12.4. The van der Waals surface area contributed by atoms with Crippen LogP contribution in [-0.2, 0) is 11.3 Å². The number of nitrogens with one attached hydrogen (secondary N) is 1. The Morgan fingerprint density at radius 2 is 1.50 bits per heavy atom. The van der Waals surface area contributed by atoms with Crippen molar-refractivity contribution >= 4 is 6.09 Å². The van der Waals surface area contributed by atoms with Crippen molar-refractivity contribution in [2.24, 2.45) is 0 Å². The summed E-state index contributed by atoms with van der Waals surface area (Å²) in [5, 5.41) is 2.34. The Hall–Kier alpha value is -3.08. The molecule has 0 aliphatic rings. The third-order valence-electron chi connectivity index (χ3n) is 3.16. The van der Waals surface area contributed by atoms with Crippen LogP contribution in [0, 0.1) is 40.9 Å². The average molecular weight is 369 g/mol. The maximum absolute atomic E-state index is 13.4. The van der Waals surface area contributed by atoms with Gasteiger partial charge in [-0.15, -0.1) is 0 Å². The Morgan fingerprint density at radius 3 is 2.12 bits per heavy atom. The van der Waals surface area contributed by atoms with Crippen molar-refractivity contribution < 1.29 is 31.5 Å². The van der Waals surface area contributed by atoms with Crippen LogP contribution >= 0.6 is 0 Å². The predicted molar refractivity (Wildman–Crippen MR) is 82.4 cm³/mol. The summed E-state index contributed by atoms with van der Waals surface area (Å²) in [5.74, 6) is -6.24. The number of benzene rings is 2. The van der Waals surface area contributed by atoms with Crippen LogP contribution in [-0.4, -0.2) is 12.6 Å². The van der Waals surface area contributed by atoms with Gasteiger partial charge in [0.2, 0.25) is 5.82 Å². The number of amides is 1. The van der Waals surface area contributed by atoms with Gasteiger partial charge in [-0.1, -0.05) is 42.2 Å². The van der Waals surface area contributed by atoms with Crippen LogP contribution in [0.4, 0.5) is 26.7 Å². The van der Waals surface area contributed by atoms with E-state index < -0.39 is 40.7 Å². The van der Waals surface area contributed by atoms with Crippen LogP contribution < -0.4 is 5.32 Å². The second-order valence-electron chi connectivity index (χ2n) is 4.99. The molecule has 0 unspecified atom stereocenters. The van der Waals surface area contributed by atoms with Crippen LogP contribution in [0.5, 0.6) is 0 Å². The van der Waals surface area contributed by atoms with E-state index in [2.05, 4.69) is 11.2 Å². The number of alkyl carbamates (subject to hydrolysis) is 1. The largest absolute Gasteiger partial charge is 0.445 e. The SMILES string of the molecule is O=C(NCCC#Cc1c(F)c(F)c(F)c(F)c1F)OCc1ccccc1. The van der Waals surface area contributed by atoms with Crippen LogP contribution in [0.3, 0.4) is 0 Å². The van der Waals surface area contributed by atoms with Crippen molar-refractivity contribution in [2.75, 3.05) is 6.54 Å². The number of hydrogen-bond acceptors (Lipinski definition) is 2. The minimum Gasteiger partial charge on any atom is -0.445 e. The summed E-state index contributed by atoms with van der Waals surface area (Å²) in [6.45, 7) is 0.0267. The summed E-state index contributed by atoms with van der Waals surface area (Å²) < 4.78 is 70.6. The first kappa shape index (κ1) is 19.2. The monoisotopic (exact) mass is 369 g/mol. The molecule has 0 atom stereocenters. The quantitative estimate of drug-likeness (QED) is 0.290. The lowest BCUT2D eigenvalue weighted by Gasteiger charge is -2.05. The molecule has 0 aromatic heterocycles. The molecule has 2 rings (SSSR count). The topological polar surface area (TPSA) is 38.3 Å². The molecule has 0 heterocycles. The first-order valence-corrected chi connectivity index (χ1v) is 7.36. The molecular weight excluding hydrogens is 357 g/mol. The lowest BCUT2D eigenvalue weighted by atomic mass is 10.1. The zero-order chi connectivity index (χ0) is 19.1. The number of carbonyl (C=O) groups excluding carboxylic acids is 1.